The van der Waals surface area contributed by atoms with Gasteiger partial charge in [-0.15, -0.1) is 0 Å². The van der Waals surface area contributed by atoms with Crippen LogP contribution in [0.5, 0.6) is 0 Å². The fraction of sp³-hybridized carbons (Fsp3) is 0.125. The Bertz CT molecular complexity index is 287. The highest BCUT2D eigenvalue weighted by molar-refractivity contribution is 9.10. The summed E-state index contributed by atoms with van der Waals surface area (Å²) in [5, 5.41) is 0. The zero-order chi connectivity index (χ0) is 9.68. The van der Waals surface area contributed by atoms with E-state index in [1.807, 2.05) is 24.3 Å². The largest absolute Gasteiger partial charge is 0.452 e. The number of nitrogens with one attached hydrogen (secondary N) is 2. The summed E-state index contributed by atoms with van der Waals surface area (Å²) in [5.41, 5.74) is 5.80. The summed E-state index contributed by atoms with van der Waals surface area (Å²) in [5.74, 6) is 0. The number of amides is 1. The van der Waals surface area contributed by atoms with Gasteiger partial charge in [0.05, 0.1) is 12.8 Å². The van der Waals surface area contributed by atoms with Crippen LogP contribution < -0.4 is 10.9 Å². The predicted octanol–water partition coefficient (Wildman–Crippen LogP) is 2.13. The van der Waals surface area contributed by atoms with E-state index in [0.717, 1.165) is 10.2 Å². The van der Waals surface area contributed by atoms with Crippen LogP contribution in [0.15, 0.2) is 28.7 Å². The van der Waals surface area contributed by atoms with E-state index in [2.05, 4.69) is 31.5 Å². The molecule has 0 aliphatic heterocycles. The topological polar surface area (TPSA) is 50.4 Å². The molecule has 70 valence electrons. The van der Waals surface area contributed by atoms with Gasteiger partial charge in [0, 0.05) is 4.47 Å². The number of halogens is 1. The SMILES string of the molecule is COC(=O)NNc1ccc(Br)cc1. The second-order valence-electron chi connectivity index (χ2n) is 2.25. The molecule has 0 atom stereocenters. The molecule has 0 spiro atoms. The van der Waals surface area contributed by atoms with Crippen LogP contribution in [0, 0.1) is 0 Å². The van der Waals surface area contributed by atoms with E-state index >= 15 is 0 Å². The minimum Gasteiger partial charge on any atom is -0.452 e. The summed E-state index contributed by atoms with van der Waals surface area (Å²) in [6.45, 7) is 0. The van der Waals surface area contributed by atoms with Gasteiger partial charge in [0.15, 0.2) is 0 Å². The van der Waals surface area contributed by atoms with Gasteiger partial charge in [-0.1, -0.05) is 15.9 Å². The maximum atomic E-state index is 10.6. The Morgan fingerprint density at radius 3 is 2.54 bits per heavy atom. The summed E-state index contributed by atoms with van der Waals surface area (Å²) in [7, 11) is 1.30. The third-order valence-corrected chi connectivity index (χ3v) is 1.87. The van der Waals surface area contributed by atoms with Gasteiger partial charge < -0.3 is 4.74 Å². The first-order valence-electron chi connectivity index (χ1n) is 3.58. The van der Waals surface area contributed by atoms with Crippen molar-refractivity contribution in [3.05, 3.63) is 28.7 Å². The molecule has 1 amide bonds. The summed E-state index contributed by atoms with van der Waals surface area (Å²) >= 11 is 3.30. The van der Waals surface area contributed by atoms with Gasteiger partial charge in [-0.2, -0.15) is 0 Å². The number of rotatable bonds is 2. The van der Waals surface area contributed by atoms with Gasteiger partial charge in [0.25, 0.3) is 0 Å². The minimum atomic E-state index is -0.525. The smallest absolute Gasteiger partial charge is 0.425 e. The van der Waals surface area contributed by atoms with E-state index in [1.54, 1.807) is 0 Å². The van der Waals surface area contributed by atoms with Crippen LogP contribution in [-0.4, -0.2) is 13.2 Å². The lowest BCUT2D eigenvalue weighted by atomic mass is 10.3. The second kappa shape index (κ2) is 4.71. The van der Waals surface area contributed by atoms with Gasteiger partial charge in [-0.3, -0.25) is 5.43 Å². The molecule has 0 aliphatic carbocycles. The molecule has 0 bridgehead atoms. The number of hydrogen-bond acceptors (Lipinski definition) is 3. The number of carbonyl (C=O) groups excluding carboxylic acids is 1. The lowest BCUT2D eigenvalue weighted by Crippen LogP contribution is -2.28. The fourth-order valence-electron chi connectivity index (χ4n) is 0.707. The van der Waals surface area contributed by atoms with Crippen molar-refractivity contribution in [1.29, 1.82) is 0 Å². The number of anilines is 1. The number of carbonyl (C=O) groups is 1. The third kappa shape index (κ3) is 3.33. The van der Waals surface area contributed by atoms with Crippen molar-refractivity contribution in [3.63, 3.8) is 0 Å². The standard InChI is InChI=1S/C8H9BrN2O2/c1-13-8(12)11-10-7-4-2-6(9)3-5-7/h2-5,10H,1H3,(H,11,12). The fourth-order valence-corrected chi connectivity index (χ4v) is 0.972. The molecule has 0 heterocycles. The normalized spacial score (nSPS) is 9.08. The van der Waals surface area contributed by atoms with Crippen molar-refractivity contribution in [2.45, 2.75) is 0 Å². The summed E-state index contributed by atoms with van der Waals surface area (Å²) in [6.07, 6.45) is -0.525. The van der Waals surface area contributed by atoms with Crippen LogP contribution in [0.3, 0.4) is 0 Å². The molecular formula is C8H9BrN2O2. The van der Waals surface area contributed by atoms with Crippen molar-refractivity contribution in [1.82, 2.24) is 5.43 Å². The minimum absolute atomic E-state index is 0.525. The first-order chi connectivity index (χ1) is 6.22. The van der Waals surface area contributed by atoms with Crippen LogP contribution >= 0.6 is 15.9 Å². The Labute approximate surface area is 84.4 Å². The molecular weight excluding hydrogens is 236 g/mol. The summed E-state index contributed by atoms with van der Waals surface area (Å²) in [6, 6.07) is 7.36. The number of hydrogen-bond donors (Lipinski definition) is 2. The highest BCUT2D eigenvalue weighted by Gasteiger charge is 1.96. The molecule has 1 aromatic rings. The molecule has 0 saturated heterocycles. The van der Waals surface area contributed by atoms with E-state index in [1.165, 1.54) is 7.11 Å². The van der Waals surface area contributed by atoms with Crippen LogP contribution in [-0.2, 0) is 4.74 Å². The second-order valence-corrected chi connectivity index (χ2v) is 3.16. The van der Waals surface area contributed by atoms with Crippen molar-refractivity contribution >= 4 is 27.7 Å². The average molecular weight is 245 g/mol. The van der Waals surface area contributed by atoms with Crippen molar-refractivity contribution in [3.8, 4) is 0 Å². The van der Waals surface area contributed by atoms with Crippen LogP contribution in [0.25, 0.3) is 0 Å². The highest BCUT2D eigenvalue weighted by Crippen LogP contribution is 2.12. The summed E-state index contributed by atoms with van der Waals surface area (Å²) < 4.78 is 5.36. The lowest BCUT2D eigenvalue weighted by molar-refractivity contribution is 0.173. The van der Waals surface area contributed by atoms with Gasteiger partial charge in [0.1, 0.15) is 0 Å². The van der Waals surface area contributed by atoms with Crippen LogP contribution in [0.2, 0.25) is 0 Å². The van der Waals surface area contributed by atoms with Crippen LogP contribution in [0.1, 0.15) is 0 Å². The monoisotopic (exact) mass is 244 g/mol. The summed E-state index contributed by atoms with van der Waals surface area (Å²) in [4.78, 5) is 10.6. The van der Waals surface area contributed by atoms with E-state index in [4.69, 9.17) is 0 Å². The first kappa shape index (κ1) is 9.85. The Balaban J connectivity index is 2.46. The molecule has 13 heavy (non-hydrogen) atoms. The molecule has 0 radical (unpaired) electrons. The molecule has 1 rings (SSSR count). The Morgan fingerprint density at radius 2 is 2.00 bits per heavy atom. The number of ether oxygens (including phenoxy) is 1. The predicted molar refractivity (Wildman–Crippen MR) is 53.3 cm³/mol. The van der Waals surface area contributed by atoms with Crippen molar-refractivity contribution in [2.24, 2.45) is 0 Å². The maximum Gasteiger partial charge on any atom is 0.425 e. The zero-order valence-corrected chi connectivity index (χ0v) is 8.59. The van der Waals surface area contributed by atoms with Crippen molar-refractivity contribution in [2.75, 3.05) is 12.5 Å². The van der Waals surface area contributed by atoms with E-state index in [9.17, 15) is 4.79 Å². The van der Waals surface area contributed by atoms with Gasteiger partial charge in [-0.05, 0) is 24.3 Å². The van der Waals surface area contributed by atoms with Gasteiger partial charge >= 0.3 is 6.09 Å². The Kier molecular flexibility index (Phi) is 3.57. The number of hydrazine groups is 1. The van der Waals surface area contributed by atoms with Gasteiger partial charge in [-0.25, -0.2) is 10.2 Å². The highest BCUT2D eigenvalue weighted by atomic mass is 79.9. The van der Waals surface area contributed by atoms with Crippen LogP contribution in [0.4, 0.5) is 10.5 Å². The third-order valence-electron chi connectivity index (χ3n) is 1.34. The number of methoxy groups -OCH3 is 1. The molecule has 5 heteroatoms. The average Bonchev–Trinajstić information content (AvgIpc) is 2.16. The molecule has 0 fully saturated rings. The molecule has 4 nitrogen and oxygen atoms in total. The van der Waals surface area contributed by atoms with E-state index in [-0.39, 0.29) is 0 Å². The first-order valence-corrected chi connectivity index (χ1v) is 4.37. The van der Waals surface area contributed by atoms with E-state index < -0.39 is 6.09 Å². The molecule has 0 aliphatic rings. The molecule has 0 unspecified atom stereocenters. The Hall–Kier alpha value is -1.23. The lowest BCUT2D eigenvalue weighted by Gasteiger charge is -2.06. The van der Waals surface area contributed by atoms with Crippen molar-refractivity contribution < 1.29 is 9.53 Å². The quantitative estimate of drug-likeness (QED) is 0.784. The molecule has 2 N–H and O–H groups in total. The van der Waals surface area contributed by atoms with E-state index in [0.29, 0.717) is 0 Å². The molecule has 0 saturated carbocycles. The maximum absolute atomic E-state index is 10.6. The molecule has 0 aromatic heterocycles. The zero-order valence-electron chi connectivity index (χ0n) is 7.00. The Morgan fingerprint density at radius 1 is 1.38 bits per heavy atom. The number of benzene rings is 1. The van der Waals surface area contributed by atoms with Gasteiger partial charge in [0.2, 0.25) is 0 Å². The molecule has 1 aromatic carbocycles.